The van der Waals surface area contributed by atoms with E-state index < -0.39 is 5.91 Å². The number of furan rings is 1. The van der Waals surface area contributed by atoms with Gasteiger partial charge in [-0.15, -0.1) is 11.3 Å². The van der Waals surface area contributed by atoms with Gasteiger partial charge in [0.05, 0.1) is 17.3 Å². The van der Waals surface area contributed by atoms with E-state index in [4.69, 9.17) is 9.15 Å². The number of halogens is 1. The molecule has 0 spiro atoms. The second-order valence-electron chi connectivity index (χ2n) is 6.52. The largest absolute Gasteiger partial charge is 0.467 e. The molecule has 31 heavy (non-hydrogen) atoms. The average Bonchev–Trinajstić information content (AvgIpc) is 3.39. The molecule has 0 saturated heterocycles. The van der Waals surface area contributed by atoms with E-state index in [1.54, 1.807) is 25.3 Å². The number of nitrogens with zero attached hydrogens (tertiary/aromatic N) is 2. The van der Waals surface area contributed by atoms with Crippen LogP contribution in [0.4, 0.5) is 0 Å². The maximum absolute atomic E-state index is 13.1. The lowest BCUT2D eigenvalue weighted by molar-refractivity contribution is -0.115. The van der Waals surface area contributed by atoms with E-state index in [9.17, 15) is 14.9 Å². The van der Waals surface area contributed by atoms with Gasteiger partial charge in [0.1, 0.15) is 16.5 Å². The number of thiazole rings is 1. The van der Waals surface area contributed by atoms with Gasteiger partial charge in [-0.1, -0.05) is 28.1 Å². The first-order valence-corrected chi connectivity index (χ1v) is 11.0. The summed E-state index contributed by atoms with van der Waals surface area (Å²) in [6, 6.07) is 12.9. The van der Waals surface area contributed by atoms with Crippen LogP contribution in [0.5, 0.6) is 0 Å². The van der Waals surface area contributed by atoms with Crippen LogP contribution < -0.4 is 20.1 Å². The molecule has 3 aromatic rings. The number of carbonyl (C=O) groups is 1. The molecule has 3 rings (SSSR count). The van der Waals surface area contributed by atoms with Crippen LogP contribution in [0.15, 0.2) is 56.3 Å². The molecule has 0 atom stereocenters. The summed E-state index contributed by atoms with van der Waals surface area (Å²) in [6.07, 6.45) is 3.84. The normalized spacial score (nSPS) is 12.5. The zero-order valence-corrected chi connectivity index (χ0v) is 19.2. The lowest BCUT2D eigenvalue weighted by Gasteiger charge is -2.04. The zero-order valence-electron chi connectivity index (χ0n) is 16.8. The van der Waals surface area contributed by atoms with Gasteiger partial charge in [-0.2, -0.15) is 5.26 Å². The summed E-state index contributed by atoms with van der Waals surface area (Å²) in [7, 11) is 1.58. The topological polar surface area (TPSA) is 97.3 Å². The van der Waals surface area contributed by atoms with Crippen LogP contribution in [0, 0.1) is 11.3 Å². The Hall–Kier alpha value is -2.93. The van der Waals surface area contributed by atoms with Crippen LogP contribution >= 0.6 is 27.3 Å². The predicted molar refractivity (Wildman–Crippen MR) is 122 cm³/mol. The van der Waals surface area contributed by atoms with Gasteiger partial charge in [0.2, 0.25) is 0 Å². The number of nitrogens with one attached hydrogen (secondary N) is 1. The minimum atomic E-state index is -0.559. The summed E-state index contributed by atoms with van der Waals surface area (Å²) in [5.74, 6) is 0.00870. The van der Waals surface area contributed by atoms with Crippen molar-refractivity contribution < 1.29 is 13.9 Å². The lowest BCUT2D eigenvalue weighted by atomic mass is 10.2. The summed E-state index contributed by atoms with van der Waals surface area (Å²) in [6.45, 7) is 0.942. The maximum Gasteiger partial charge on any atom is 0.269 e. The van der Waals surface area contributed by atoms with Crippen LogP contribution in [-0.4, -0.2) is 24.2 Å². The van der Waals surface area contributed by atoms with Crippen molar-refractivity contribution in [2.45, 2.75) is 19.5 Å². The molecule has 0 aliphatic carbocycles. The third kappa shape index (κ3) is 5.82. The maximum atomic E-state index is 13.1. The van der Waals surface area contributed by atoms with Crippen molar-refractivity contribution in [1.82, 2.24) is 9.88 Å². The fourth-order valence-electron chi connectivity index (χ4n) is 2.85. The Bertz CT molecular complexity index is 1250. The van der Waals surface area contributed by atoms with Crippen molar-refractivity contribution >= 4 is 44.8 Å². The summed E-state index contributed by atoms with van der Waals surface area (Å²) in [5, 5.41) is 12.4. The first-order valence-electron chi connectivity index (χ1n) is 9.44. The van der Waals surface area contributed by atoms with Crippen molar-refractivity contribution in [2.75, 3.05) is 13.7 Å². The molecule has 160 valence electrons. The molecule has 0 unspecified atom stereocenters. The summed E-state index contributed by atoms with van der Waals surface area (Å²) in [4.78, 5) is 25.8. The van der Waals surface area contributed by atoms with E-state index >= 15 is 0 Å². The molecule has 0 aliphatic rings. The molecule has 0 bridgehead atoms. The molecule has 0 aliphatic heterocycles. The second kappa shape index (κ2) is 10.9. The number of methoxy groups -OCH3 is 1. The van der Waals surface area contributed by atoms with E-state index in [1.165, 1.54) is 10.8 Å². The Balaban J connectivity index is 2.06. The van der Waals surface area contributed by atoms with Gasteiger partial charge in [-0.3, -0.25) is 14.2 Å². The Morgan fingerprint density at radius 1 is 1.35 bits per heavy atom. The van der Waals surface area contributed by atoms with E-state index in [1.807, 2.05) is 30.3 Å². The van der Waals surface area contributed by atoms with Gasteiger partial charge in [0.25, 0.3) is 11.5 Å². The highest BCUT2D eigenvalue weighted by Crippen LogP contribution is 2.10. The zero-order chi connectivity index (χ0) is 22.2. The molecule has 0 fully saturated rings. The molecule has 0 radical (unpaired) electrons. The number of nitriles is 1. The molecule has 2 aromatic heterocycles. The Labute approximate surface area is 191 Å². The third-order valence-electron chi connectivity index (χ3n) is 4.36. The van der Waals surface area contributed by atoms with E-state index in [0.717, 1.165) is 21.4 Å². The minimum Gasteiger partial charge on any atom is -0.467 e. The first kappa shape index (κ1) is 22.7. The van der Waals surface area contributed by atoms with Crippen LogP contribution in [0.25, 0.3) is 11.6 Å². The van der Waals surface area contributed by atoms with Gasteiger partial charge in [-0.25, -0.2) is 0 Å². The van der Waals surface area contributed by atoms with Crippen molar-refractivity contribution in [1.29, 1.82) is 5.26 Å². The molecule has 1 N–H and O–H groups in total. The number of aromatic nitrogens is 1. The highest BCUT2D eigenvalue weighted by atomic mass is 79.9. The Morgan fingerprint density at radius 3 is 2.77 bits per heavy atom. The summed E-state index contributed by atoms with van der Waals surface area (Å²) < 4.78 is 13.5. The summed E-state index contributed by atoms with van der Waals surface area (Å²) >= 11 is 4.52. The molecule has 1 aromatic carbocycles. The molecule has 9 heteroatoms. The van der Waals surface area contributed by atoms with E-state index in [2.05, 4.69) is 21.2 Å². The first-order chi connectivity index (χ1) is 15.0. The minimum absolute atomic E-state index is 0.110. The lowest BCUT2D eigenvalue weighted by Crippen LogP contribution is -2.35. The van der Waals surface area contributed by atoms with Crippen molar-refractivity contribution in [3.8, 4) is 6.07 Å². The second-order valence-corrected chi connectivity index (χ2v) is 8.47. The number of benzene rings is 1. The van der Waals surface area contributed by atoms with Crippen LogP contribution in [-0.2, 0) is 22.6 Å². The molecule has 7 nitrogen and oxygen atoms in total. The fraction of sp³-hybridized carbons (Fsp3) is 0.227. The highest BCUT2D eigenvalue weighted by Gasteiger charge is 2.16. The Kier molecular flexibility index (Phi) is 8.00. The fourth-order valence-corrected chi connectivity index (χ4v) is 4.24. The standard InChI is InChI=1S/C22H20BrN3O4S/c1-29-10-3-9-26-21(28)19(12-15-5-7-16(23)8-6-15)31-22(26)18(13-24)20(27)25-14-17-4-2-11-30-17/h2,4-8,11-12H,3,9-10,14H2,1H3,(H,25,27)/b19-12+,22-18-. The number of hydrogen-bond donors (Lipinski definition) is 1. The van der Waals surface area contributed by atoms with Crippen LogP contribution in [0.2, 0.25) is 0 Å². The van der Waals surface area contributed by atoms with Crippen molar-refractivity contribution in [3.05, 3.63) is 78.0 Å². The summed E-state index contributed by atoms with van der Waals surface area (Å²) in [5.41, 5.74) is 0.491. The number of carbonyl (C=O) groups excluding carboxylic acids is 1. The number of rotatable bonds is 8. The SMILES string of the molecule is COCCCn1c(=O)/c(=C\c2ccc(Br)cc2)s/c1=C(/C#N)C(=O)NCc1ccco1. The van der Waals surface area contributed by atoms with Crippen LogP contribution in [0.3, 0.4) is 0 Å². The smallest absolute Gasteiger partial charge is 0.269 e. The Morgan fingerprint density at radius 2 is 2.13 bits per heavy atom. The van der Waals surface area contributed by atoms with Gasteiger partial charge >= 0.3 is 0 Å². The van der Waals surface area contributed by atoms with E-state index in [-0.39, 0.29) is 17.7 Å². The quantitative estimate of drug-likeness (QED) is 0.476. The highest BCUT2D eigenvalue weighted by molar-refractivity contribution is 9.10. The molecule has 2 heterocycles. The molecule has 1 amide bonds. The molecule has 0 saturated carbocycles. The monoisotopic (exact) mass is 501 g/mol. The van der Waals surface area contributed by atoms with Gasteiger partial charge in [0.15, 0.2) is 5.57 Å². The molecular formula is C22H20BrN3O4S. The molecular weight excluding hydrogens is 482 g/mol. The third-order valence-corrected chi connectivity index (χ3v) is 6.02. The predicted octanol–water partition coefficient (Wildman–Crippen LogP) is 2.12. The van der Waals surface area contributed by atoms with Crippen molar-refractivity contribution in [2.24, 2.45) is 0 Å². The van der Waals surface area contributed by atoms with Crippen LogP contribution in [0.1, 0.15) is 17.7 Å². The van der Waals surface area contributed by atoms with E-state index in [0.29, 0.717) is 34.5 Å². The van der Waals surface area contributed by atoms with Gasteiger partial charge in [0, 0.05) is 24.7 Å². The van der Waals surface area contributed by atoms with Gasteiger partial charge < -0.3 is 14.5 Å². The number of amides is 1. The van der Waals surface area contributed by atoms with Gasteiger partial charge in [-0.05, 0) is 42.3 Å². The van der Waals surface area contributed by atoms with Crippen molar-refractivity contribution in [3.63, 3.8) is 0 Å². The number of hydrogen-bond acceptors (Lipinski definition) is 6. The average molecular weight is 502 g/mol. The number of ether oxygens (including phenoxy) is 1.